The Morgan fingerprint density at radius 3 is 2.36 bits per heavy atom. The molecule has 0 radical (unpaired) electrons. The van der Waals surface area contributed by atoms with Gasteiger partial charge in [0.15, 0.2) is 11.8 Å². The number of pyridine rings is 1. The highest BCUT2D eigenvalue weighted by Crippen LogP contribution is 2.11. The average molecular weight is 377 g/mol. The summed E-state index contributed by atoms with van der Waals surface area (Å²) in [6.45, 7) is 10.3. The summed E-state index contributed by atoms with van der Waals surface area (Å²) >= 11 is 0. The zero-order valence-electron chi connectivity index (χ0n) is 17.0. The Balaban J connectivity index is 1.63. The maximum Gasteiger partial charge on any atom is 0.191 e. The zero-order valence-corrected chi connectivity index (χ0v) is 17.0. The summed E-state index contributed by atoms with van der Waals surface area (Å²) in [5.41, 5.74) is 5.61. The van der Waals surface area contributed by atoms with Gasteiger partial charge in [-0.3, -0.25) is 0 Å². The predicted molar refractivity (Wildman–Crippen MR) is 114 cm³/mol. The first kappa shape index (κ1) is 19.6. The Hall–Kier alpha value is -3.15. The van der Waals surface area contributed by atoms with Gasteiger partial charge in [-0.05, 0) is 51.0 Å². The molecule has 0 bridgehead atoms. The fourth-order valence-corrected chi connectivity index (χ4v) is 2.90. The number of nitrogens with zero attached hydrogens (tertiary/aromatic N) is 4. The van der Waals surface area contributed by atoms with Gasteiger partial charge in [-0.2, -0.15) is 5.10 Å². The van der Waals surface area contributed by atoms with Gasteiger partial charge in [-0.1, -0.05) is 35.9 Å². The molecule has 0 spiro atoms. The maximum absolute atomic E-state index is 4.67. The van der Waals surface area contributed by atoms with E-state index in [9.17, 15) is 0 Å². The van der Waals surface area contributed by atoms with Gasteiger partial charge in [0.1, 0.15) is 0 Å². The summed E-state index contributed by atoms with van der Waals surface area (Å²) in [6.07, 6.45) is 1.86. The van der Waals surface area contributed by atoms with Crippen LogP contribution in [0.3, 0.4) is 0 Å². The molecule has 1 aromatic carbocycles. The van der Waals surface area contributed by atoms with E-state index in [1.165, 1.54) is 11.1 Å². The summed E-state index contributed by atoms with van der Waals surface area (Å²) in [4.78, 5) is 9.21. The predicted octanol–water partition coefficient (Wildman–Crippen LogP) is 3.45. The Labute approximate surface area is 166 Å². The fraction of sp³-hybridized carbons (Fsp3) is 0.318. The molecule has 2 N–H and O–H groups in total. The summed E-state index contributed by atoms with van der Waals surface area (Å²) in [6, 6.07) is 14.6. The van der Waals surface area contributed by atoms with Crippen LogP contribution in [0.4, 0.5) is 0 Å². The molecule has 0 saturated carbocycles. The van der Waals surface area contributed by atoms with E-state index in [0.717, 1.165) is 41.8 Å². The third-order valence-electron chi connectivity index (χ3n) is 4.38. The van der Waals surface area contributed by atoms with Crippen molar-refractivity contribution in [3.8, 4) is 5.82 Å². The molecule has 0 fully saturated rings. The highest BCUT2D eigenvalue weighted by atomic mass is 15.3. The first-order valence-electron chi connectivity index (χ1n) is 9.61. The van der Waals surface area contributed by atoms with E-state index in [0.29, 0.717) is 6.54 Å². The average Bonchev–Trinajstić information content (AvgIpc) is 3.04. The van der Waals surface area contributed by atoms with Crippen LogP contribution in [0.2, 0.25) is 0 Å². The van der Waals surface area contributed by atoms with E-state index in [1.807, 2.05) is 42.9 Å². The van der Waals surface area contributed by atoms with Crippen LogP contribution in [0.1, 0.15) is 35.0 Å². The number of aryl methyl sites for hydroxylation is 3. The number of aromatic nitrogens is 3. The van der Waals surface area contributed by atoms with Gasteiger partial charge in [-0.25, -0.2) is 14.7 Å². The molecule has 6 heteroatoms. The summed E-state index contributed by atoms with van der Waals surface area (Å²) in [5.74, 6) is 1.62. The second kappa shape index (κ2) is 9.17. The molecule has 28 heavy (non-hydrogen) atoms. The highest BCUT2D eigenvalue weighted by Gasteiger charge is 2.05. The van der Waals surface area contributed by atoms with E-state index in [-0.39, 0.29) is 0 Å². The number of hydrogen-bond acceptors (Lipinski definition) is 3. The number of hydrogen-bond donors (Lipinski definition) is 2. The van der Waals surface area contributed by atoms with Gasteiger partial charge >= 0.3 is 0 Å². The molecule has 2 aromatic heterocycles. The second-order valence-electron chi connectivity index (χ2n) is 6.90. The lowest BCUT2D eigenvalue weighted by molar-refractivity contribution is 0.799. The number of rotatable bonds is 6. The molecule has 0 aliphatic heterocycles. The molecule has 0 saturated heterocycles. The molecule has 0 atom stereocenters. The Kier molecular flexibility index (Phi) is 6.42. The topological polar surface area (TPSA) is 67.1 Å². The lowest BCUT2D eigenvalue weighted by Crippen LogP contribution is -2.36. The first-order valence-corrected chi connectivity index (χ1v) is 9.61. The largest absolute Gasteiger partial charge is 0.357 e. The molecule has 146 valence electrons. The standard InChI is InChI=1S/C22H28N6/c1-5-23-22(25-13-19-8-6-16(2)7-9-19)26-15-20-10-11-21(24-14-20)28-18(4)12-17(3)27-28/h6-12,14H,5,13,15H2,1-4H3,(H2,23,25,26). The number of guanidine groups is 1. The lowest BCUT2D eigenvalue weighted by atomic mass is 10.1. The van der Waals surface area contributed by atoms with E-state index in [1.54, 1.807) is 0 Å². The van der Waals surface area contributed by atoms with Crippen LogP contribution in [0.15, 0.2) is 53.7 Å². The van der Waals surface area contributed by atoms with Gasteiger partial charge in [0.25, 0.3) is 0 Å². The van der Waals surface area contributed by atoms with Crippen LogP contribution in [-0.4, -0.2) is 27.3 Å². The minimum Gasteiger partial charge on any atom is -0.357 e. The van der Waals surface area contributed by atoms with Crippen LogP contribution < -0.4 is 10.6 Å². The van der Waals surface area contributed by atoms with Gasteiger partial charge in [0.2, 0.25) is 0 Å². The molecule has 3 rings (SSSR count). The van der Waals surface area contributed by atoms with Crippen molar-refractivity contribution in [1.29, 1.82) is 0 Å². The van der Waals surface area contributed by atoms with E-state index in [4.69, 9.17) is 0 Å². The third kappa shape index (κ3) is 5.19. The minimum absolute atomic E-state index is 0.563. The Morgan fingerprint density at radius 1 is 1.00 bits per heavy atom. The molecule has 6 nitrogen and oxygen atoms in total. The first-order chi connectivity index (χ1) is 13.5. The second-order valence-corrected chi connectivity index (χ2v) is 6.90. The number of aliphatic imine (C=N–C) groups is 1. The van der Waals surface area contributed by atoms with E-state index in [2.05, 4.69) is 63.8 Å². The van der Waals surface area contributed by atoms with Crippen molar-refractivity contribution >= 4 is 5.96 Å². The van der Waals surface area contributed by atoms with Gasteiger partial charge in [0, 0.05) is 25.0 Å². The normalized spacial score (nSPS) is 11.5. The summed E-state index contributed by atoms with van der Waals surface area (Å²) < 4.78 is 1.86. The van der Waals surface area contributed by atoms with Crippen molar-refractivity contribution in [2.24, 2.45) is 4.99 Å². The monoisotopic (exact) mass is 376 g/mol. The molecular formula is C22H28N6. The Morgan fingerprint density at radius 2 is 1.75 bits per heavy atom. The van der Waals surface area contributed by atoms with E-state index >= 15 is 0 Å². The van der Waals surface area contributed by atoms with Crippen LogP contribution >= 0.6 is 0 Å². The van der Waals surface area contributed by atoms with Crippen LogP contribution in [0.25, 0.3) is 5.82 Å². The molecule has 0 aliphatic carbocycles. The van der Waals surface area contributed by atoms with Crippen LogP contribution in [-0.2, 0) is 13.1 Å². The van der Waals surface area contributed by atoms with Crippen molar-refractivity contribution in [2.45, 2.75) is 40.8 Å². The van der Waals surface area contributed by atoms with Gasteiger partial charge in [0.05, 0.1) is 12.2 Å². The van der Waals surface area contributed by atoms with E-state index < -0.39 is 0 Å². The van der Waals surface area contributed by atoms with Gasteiger partial charge in [-0.15, -0.1) is 0 Å². The zero-order chi connectivity index (χ0) is 19.9. The number of nitrogens with one attached hydrogen (secondary N) is 2. The third-order valence-corrected chi connectivity index (χ3v) is 4.38. The van der Waals surface area contributed by atoms with Crippen molar-refractivity contribution in [3.05, 3.63) is 76.7 Å². The van der Waals surface area contributed by atoms with Gasteiger partial charge < -0.3 is 10.6 Å². The van der Waals surface area contributed by atoms with Crippen LogP contribution in [0, 0.1) is 20.8 Å². The summed E-state index contributed by atoms with van der Waals surface area (Å²) in [5, 5.41) is 11.1. The summed E-state index contributed by atoms with van der Waals surface area (Å²) in [7, 11) is 0. The molecule has 0 aliphatic rings. The minimum atomic E-state index is 0.563. The SMILES string of the molecule is CCNC(=NCc1ccc(-n2nc(C)cc2C)nc1)NCc1ccc(C)cc1. The number of benzene rings is 1. The molecule has 2 heterocycles. The molecule has 0 unspecified atom stereocenters. The highest BCUT2D eigenvalue weighted by molar-refractivity contribution is 5.79. The molecule has 0 amide bonds. The smallest absolute Gasteiger partial charge is 0.191 e. The van der Waals surface area contributed by atoms with Crippen molar-refractivity contribution in [2.75, 3.05) is 6.54 Å². The molecule has 3 aromatic rings. The van der Waals surface area contributed by atoms with Crippen molar-refractivity contribution in [3.63, 3.8) is 0 Å². The van der Waals surface area contributed by atoms with Crippen molar-refractivity contribution < 1.29 is 0 Å². The molecular weight excluding hydrogens is 348 g/mol. The van der Waals surface area contributed by atoms with Crippen molar-refractivity contribution in [1.82, 2.24) is 25.4 Å². The Bertz CT molecular complexity index is 923. The quantitative estimate of drug-likeness (QED) is 0.511. The maximum atomic E-state index is 4.67. The lowest BCUT2D eigenvalue weighted by Gasteiger charge is -2.11. The fourth-order valence-electron chi connectivity index (χ4n) is 2.90. The van der Waals surface area contributed by atoms with Crippen LogP contribution in [0.5, 0.6) is 0 Å².